The van der Waals surface area contributed by atoms with Crippen molar-refractivity contribution in [3.63, 3.8) is 0 Å². The number of hydrogen-bond acceptors (Lipinski definition) is 1. The Balaban J connectivity index is 2.13. The molecule has 127 valence electrons. The lowest BCUT2D eigenvalue weighted by Gasteiger charge is -2.19. The molecule has 0 saturated carbocycles. The molecule has 0 fully saturated rings. The van der Waals surface area contributed by atoms with Crippen LogP contribution in [0.2, 0.25) is 0 Å². The van der Waals surface area contributed by atoms with Crippen molar-refractivity contribution in [2.75, 3.05) is 0 Å². The lowest BCUT2D eigenvalue weighted by atomic mass is 9.85. The van der Waals surface area contributed by atoms with Crippen LogP contribution in [0.15, 0.2) is 103 Å². The first-order valence-electron chi connectivity index (χ1n) is 8.85. The predicted octanol–water partition coefficient (Wildman–Crippen LogP) is 6.00. The maximum atomic E-state index is 12.4. The van der Waals surface area contributed by atoms with E-state index in [1.807, 2.05) is 66.7 Å². The van der Waals surface area contributed by atoms with Gasteiger partial charge in [-0.25, -0.2) is 0 Å². The Kier molecular flexibility index (Phi) is 4.82. The molecule has 3 radical (unpaired) electrons. The molecule has 0 aliphatic carbocycles. The van der Waals surface area contributed by atoms with Crippen LogP contribution in [0, 0.1) is 0 Å². The molecule has 2 heteroatoms. The molecule has 0 unspecified atom stereocenters. The summed E-state index contributed by atoms with van der Waals surface area (Å²) in [5.74, 6) is 0. The summed E-state index contributed by atoms with van der Waals surface area (Å²) >= 11 is 0. The summed E-state index contributed by atoms with van der Waals surface area (Å²) in [4.78, 5) is 12.4. The zero-order valence-electron chi connectivity index (χ0n) is 14.7. The SMILES string of the molecule is O=C([Si])c1ccc(-c2ccccc2)c(-c2ccccc2)c1-c1ccccc1. The van der Waals surface area contributed by atoms with Gasteiger partial charge in [0.25, 0.3) is 0 Å². The second-order valence-corrected chi connectivity index (χ2v) is 6.79. The van der Waals surface area contributed by atoms with Crippen molar-refractivity contribution >= 4 is 15.6 Å². The molecule has 0 saturated heterocycles. The summed E-state index contributed by atoms with van der Waals surface area (Å²) in [5.41, 5.74) is 7.02. The molecule has 4 aromatic rings. The molecule has 1 nitrogen and oxygen atoms in total. The number of hydrogen-bond donors (Lipinski definition) is 0. The van der Waals surface area contributed by atoms with E-state index in [9.17, 15) is 4.79 Å². The average molecular weight is 361 g/mol. The van der Waals surface area contributed by atoms with Crippen LogP contribution in [0.25, 0.3) is 33.4 Å². The summed E-state index contributed by atoms with van der Waals surface area (Å²) in [6.07, 6.45) is 0. The van der Waals surface area contributed by atoms with Gasteiger partial charge in [0.15, 0.2) is 0 Å². The Labute approximate surface area is 162 Å². The first-order valence-corrected chi connectivity index (χ1v) is 9.35. The van der Waals surface area contributed by atoms with Crippen molar-refractivity contribution in [3.05, 3.63) is 109 Å². The van der Waals surface area contributed by atoms with E-state index in [-0.39, 0.29) is 5.41 Å². The maximum Gasteiger partial charge on any atom is 0.133 e. The summed E-state index contributed by atoms with van der Waals surface area (Å²) in [7, 11) is 3.24. The van der Waals surface area contributed by atoms with Gasteiger partial charge in [0.05, 0.1) is 0 Å². The van der Waals surface area contributed by atoms with Crippen molar-refractivity contribution in [1.29, 1.82) is 0 Å². The molecule has 0 aliphatic rings. The van der Waals surface area contributed by atoms with Gasteiger partial charge in [-0.05, 0) is 27.8 Å². The first-order chi connectivity index (χ1) is 13.3. The van der Waals surface area contributed by atoms with Gasteiger partial charge >= 0.3 is 0 Å². The van der Waals surface area contributed by atoms with Crippen LogP contribution in [0.3, 0.4) is 0 Å². The zero-order valence-corrected chi connectivity index (χ0v) is 15.7. The highest BCUT2D eigenvalue weighted by Gasteiger charge is 2.19. The van der Waals surface area contributed by atoms with Crippen LogP contribution in [0.1, 0.15) is 10.4 Å². The zero-order chi connectivity index (χ0) is 18.6. The molecular weight excluding hydrogens is 344 g/mol. The largest absolute Gasteiger partial charge is 0.301 e. The van der Waals surface area contributed by atoms with Crippen LogP contribution in [-0.4, -0.2) is 15.6 Å². The Bertz CT molecular complexity index is 1070. The number of carbonyl (C=O) groups is 1. The van der Waals surface area contributed by atoms with Crippen LogP contribution < -0.4 is 0 Å². The summed E-state index contributed by atoms with van der Waals surface area (Å²) < 4.78 is 0. The second kappa shape index (κ2) is 7.56. The van der Waals surface area contributed by atoms with Gasteiger partial charge in [-0.15, -0.1) is 0 Å². The highest BCUT2D eigenvalue weighted by molar-refractivity contribution is 6.63. The lowest BCUT2D eigenvalue weighted by molar-refractivity contribution is 0.108. The molecule has 0 bridgehead atoms. The van der Waals surface area contributed by atoms with E-state index in [0.29, 0.717) is 5.56 Å². The normalized spacial score (nSPS) is 10.6. The molecule has 4 aromatic carbocycles. The third-order valence-electron chi connectivity index (χ3n) is 4.66. The highest BCUT2D eigenvalue weighted by atomic mass is 28.1. The highest BCUT2D eigenvalue weighted by Crippen LogP contribution is 2.42. The number of benzene rings is 4. The topological polar surface area (TPSA) is 17.1 Å². The van der Waals surface area contributed by atoms with Gasteiger partial charge in [-0.3, -0.25) is 0 Å². The van der Waals surface area contributed by atoms with Crippen molar-refractivity contribution in [2.45, 2.75) is 0 Å². The Morgan fingerprint density at radius 1 is 0.519 bits per heavy atom. The molecule has 0 aliphatic heterocycles. The molecule has 4 rings (SSSR count). The van der Waals surface area contributed by atoms with Gasteiger partial charge in [-0.1, -0.05) is 103 Å². The Morgan fingerprint density at radius 2 is 0.963 bits per heavy atom. The molecular formula is C25H17OSi. The fraction of sp³-hybridized carbons (Fsp3) is 0. The van der Waals surface area contributed by atoms with Gasteiger partial charge in [0, 0.05) is 11.1 Å². The lowest BCUT2D eigenvalue weighted by Crippen LogP contribution is -2.03. The second-order valence-electron chi connectivity index (χ2n) is 6.34. The van der Waals surface area contributed by atoms with Crippen molar-refractivity contribution < 1.29 is 4.79 Å². The molecule has 27 heavy (non-hydrogen) atoms. The Morgan fingerprint density at radius 3 is 1.44 bits per heavy atom. The molecule has 0 amide bonds. The third-order valence-corrected chi connectivity index (χ3v) is 4.93. The van der Waals surface area contributed by atoms with Crippen LogP contribution >= 0.6 is 0 Å². The Hall–Kier alpha value is -3.23. The van der Waals surface area contributed by atoms with E-state index in [1.165, 1.54) is 0 Å². The minimum absolute atomic E-state index is 0.120. The summed E-state index contributed by atoms with van der Waals surface area (Å²) in [6.45, 7) is 0. The number of rotatable bonds is 4. The molecule has 0 spiro atoms. The minimum Gasteiger partial charge on any atom is -0.301 e. The standard InChI is InChI=1S/C25H17OSi/c26-25(27)22-17-16-21(18-10-4-1-5-11-18)23(19-12-6-2-7-13-19)24(22)20-14-8-3-9-15-20/h1-17H. The molecule has 0 heterocycles. The molecule has 0 N–H and O–H groups in total. The maximum absolute atomic E-state index is 12.4. The number of carbonyl (C=O) groups excluding carboxylic acids is 1. The van der Waals surface area contributed by atoms with E-state index in [0.717, 1.165) is 33.4 Å². The third kappa shape index (κ3) is 3.40. The van der Waals surface area contributed by atoms with Gasteiger partial charge in [0.1, 0.15) is 15.6 Å². The fourth-order valence-corrected chi connectivity index (χ4v) is 3.67. The molecule has 0 aromatic heterocycles. The van der Waals surface area contributed by atoms with E-state index in [1.54, 1.807) is 0 Å². The van der Waals surface area contributed by atoms with Gasteiger partial charge in [-0.2, -0.15) is 0 Å². The van der Waals surface area contributed by atoms with Crippen molar-refractivity contribution in [3.8, 4) is 33.4 Å². The minimum atomic E-state index is -0.120. The van der Waals surface area contributed by atoms with Gasteiger partial charge in [0.2, 0.25) is 0 Å². The van der Waals surface area contributed by atoms with Crippen molar-refractivity contribution in [1.82, 2.24) is 0 Å². The van der Waals surface area contributed by atoms with Crippen LogP contribution in [-0.2, 0) is 0 Å². The van der Waals surface area contributed by atoms with E-state index in [2.05, 4.69) is 46.6 Å². The van der Waals surface area contributed by atoms with E-state index < -0.39 is 0 Å². The quantitative estimate of drug-likeness (QED) is 0.408. The molecule has 0 atom stereocenters. The summed E-state index contributed by atoms with van der Waals surface area (Å²) in [5, 5.41) is -0.120. The van der Waals surface area contributed by atoms with E-state index >= 15 is 0 Å². The smallest absolute Gasteiger partial charge is 0.133 e. The first kappa shape index (κ1) is 17.2. The van der Waals surface area contributed by atoms with Gasteiger partial charge < -0.3 is 4.79 Å². The average Bonchev–Trinajstić information content (AvgIpc) is 2.74. The van der Waals surface area contributed by atoms with Crippen molar-refractivity contribution in [2.24, 2.45) is 0 Å². The monoisotopic (exact) mass is 361 g/mol. The fourth-order valence-electron chi connectivity index (χ4n) is 3.46. The van der Waals surface area contributed by atoms with Crippen LogP contribution in [0.4, 0.5) is 0 Å². The predicted molar refractivity (Wildman–Crippen MR) is 113 cm³/mol. The summed E-state index contributed by atoms with van der Waals surface area (Å²) in [6, 6.07) is 34.6. The van der Waals surface area contributed by atoms with Crippen LogP contribution in [0.5, 0.6) is 0 Å². The van der Waals surface area contributed by atoms with E-state index in [4.69, 9.17) is 0 Å².